The van der Waals surface area contributed by atoms with Crippen LogP contribution in [0.4, 0.5) is 5.82 Å². The second-order valence-corrected chi connectivity index (χ2v) is 4.89. The van der Waals surface area contributed by atoms with Crippen molar-refractivity contribution < 1.29 is 0 Å². The second kappa shape index (κ2) is 4.45. The van der Waals surface area contributed by atoms with Gasteiger partial charge >= 0.3 is 0 Å². The Hall–Kier alpha value is -1.03. The van der Waals surface area contributed by atoms with Crippen LogP contribution in [0.25, 0.3) is 0 Å². The van der Waals surface area contributed by atoms with E-state index in [0.29, 0.717) is 0 Å². The lowest BCUT2D eigenvalue weighted by molar-refractivity contribution is 0.719. The van der Waals surface area contributed by atoms with E-state index in [4.69, 9.17) is 5.73 Å². The van der Waals surface area contributed by atoms with Crippen LogP contribution in [0.15, 0.2) is 0 Å². The van der Waals surface area contributed by atoms with E-state index in [-0.39, 0.29) is 6.04 Å². The van der Waals surface area contributed by atoms with Gasteiger partial charge in [-0.05, 0) is 33.1 Å². The largest absolute Gasteiger partial charge is 0.357 e. The Morgan fingerprint density at radius 3 is 2.56 bits per heavy atom. The summed E-state index contributed by atoms with van der Waals surface area (Å²) in [5.41, 5.74) is 8.37. The SMILES string of the molecule is Cc1nn(C)c(N2CCCC2)c1CC(C)N. The van der Waals surface area contributed by atoms with Gasteiger partial charge in [-0.25, -0.2) is 0 Å². The zero-order valence-corrected chi connectivity index (χ0v) is 10.5. The Bertz CT molecular complexity index is 361. The molecule has 0 aromatic carbocycles. The molecule has 0 spiro atoms. The van der Waals surface area contributed by atoms with Crippen LogP contribution in [0.3, 0.4) is 0 Å². The van der Waals surface area contributed by atoms with Gasteiger partial charge in [-0.3, -0.25) is 4.68 Å². The fourth-order valence-corrected chi connectivity index (χ4v) is 2.58. The Balaban J connectivity index is 2.33. The molecule has 1 aromatic heterocycles. The lowest BCUT2D eigenvalue weighted by atomic mass is 10.1. The molecule has 0 amide bonds. The van der Waals surface area contributed by atoms with Gasteiger partial charge in [-0.15, -0.1) is 0 Å². The molecule has 1 aliphatic rings. The number of hydrogen-bond donors (Lipinski definition) is 1. The van der Waals surface area contributed by atoms with Gasteiger partial charge in [0.25, 0.3) is 0 Å². The molecule has 0 bridgehead atoms. The maximum absolute atomic E-state index is 5.91. The first-order valence-corrected chi connectivity index (χ1v) is 6.12. The van der Waals surface area contributed by atoms with Crippen molar-refractivity contribution in [1.82, 2.24) is 9.78 Å². The van der Waals surface area contributed by atoms with Crippen molar-refractivity contribution in [2.45, 2.75) is 39.2 Å². The number of aromatic nitrogens is 2. The molecular formula is C12H22N4. The van der Waals surface area contributed by atoms with Gasteiger partial charge in [0.05, 0.1) is 5.69 Å². The predicted octanol–water partition coefficient (Wildman–Crippen LogP) is 1.22. The molecule has 90 valence electrons. The summed E-state index contributed by atoms with van der Waals surface area (Å²) in [5, 5.41) is 4.53. The summed E-state index contributed by atoms with van der Waals surface area (Å²) in [4.78, 5) is 2.44. The van der Waals surface area contributed by atoms with Crippen LogP contribution in [-0.4, -0.2) is 28.9 Å². The van der Waals surface area contributed by atoms with Crippen molar-refractivity contribution >= 4 is 5.82 Å². The molecule has 2 N–H and O–H groups in total. The first-order valence-electron chi connectivity index (χ1n) is 6.12. The average Bonchev–Trinajstić information content (AvgIpc) is 2.75. The van der Waals surface area contributed by atoms with Gasteiger partial charge < -0.3 is 10.6 Å². The third kappa shape index (κ3) is 2.07. The monoisotopic (exact) mass is 222 g/mol. The molecule has 4 nitrogen and oxygen atoms in total. The van der Waals surface area contributed by atoms with Crippen LogP contribution in [0, 0.1) is 6.92 Å². The zero-order chi connectivity index (χ0) is 11.7. The van der Waals surface area contributed by atoms with Crippen molar-refractivity contribution in [3.8, 4) is 0 Å². The number of aryl methyl sites for hydroxylation is 2. The number of anilines is 1. The summed E-state index contributed by atoms with van der Waals surface area (Å²) in [6.45, 7) is 6.45. The lowest BCUT2D eigenvalue weighted by Crippen LogP contribution is -2.24. The highest BCUT2D eigenvalue weighted by atomic mass is 15.4. The van der Waals surface area contributed by atoms with Crippen LogP contribution in [-0.2, 0) is 13.5 Å². The van der Waals surface area contributed by atoms with Gasteiger partial charge in [0.2, 0.25) is 0 Å². The minimum atomic E-state index is 0.198. The Kier molecular flexibility index (Phi) is 3.19. The summed E-state index contributed by atoms with van der Waals surface area (Å²) in [5.74, 6) is 1.28. The second-order valence-electron chi connectivity index (χ2n) is 4.89. The maximum atomic E-state index is 5.91. The summed E-state index contributed by atoms with van der Waals surface area (Å²) < 4.78 is 2.01. The quantitative estimate of drug-likeness (QED) is 0.836. The van der Waals surface area contributed by atoms with Crippen molar-refractivity contribution in [3.05, 3.63) is 11.3 Å². The first-order chi connectivity index (χ1) is 7.59. The number of nitrogens with zero attached hydrogens (tertiary/aromatic N) is 3. The molecule has 0 radical (unpaired) electrons. The van der Waals surface area contributed by atoms with Crippen LogP contribution >= 0.6 is 0 Å². The molecule has 1 aliphatic heterocycles. The number of rotatable bonds is 3. The third-order valence-electron chi connectivity index (χ3n) is 3.24. The molecule has 1 saturated heterocycles. The Morgan fingerprint density at radius 1 is 1.38 bits per heavy atom. The minimum absolute atomic E-state index is 0.198. The van der Waals surface area contributed by atoms with Gasteiger partial charge in [-0.1, -0.05) is 0 Å². The number of hydrogen-bond acceptors (Lipinski definition) is 3. The third-order valence-corrected chi connectivity index (χ3v) is 3.24. The smallest absolute Gasteiger partial charge is 0.130 e. The highest BCUT2D eigenvalue weighted by Gasteiger charge is 2.22. The highest BCUT2D eigenvalue weighted by molar-refractivity contribution is 5.51. The van der Waals surface area contributed by atoms with Crippen molar-refractivity contribution in [3.63, 3.8) is 0 Å². The molecule has 16 heavy (non-hydrogen) atoms. The van der Waals surface area contributed by atoms with Gasteiger partial charge in [-0.2, -0.15) is 5.10 Å². The van der Waals surface area contributed by atoms with Gasteiger partial charge in [0, 0.05) is 31.7 Å². The van der Waals surface area contributed by atoms with Crippen LogP contribution in [0.2, 0.25) is 0 Å². The summed E-state index contributed by atoms with van der Waals surface area (Å²) in [7, 11) is 2.03. The molecule has 2 rings (SSSR count). The lowest BCUT2D eigenvalue weighted by Gasteiger charge is -2.20. The molecule has 2 heterocycles. The van der Waals surface area contributed by atoms with E-state index < -0.39 is 0 Å². The maximum Gasteiger partial charge on any atom is 0.130 e. The molecule has 1 fully saturated rings. The van der Waals surface area contributed by atoms with Crippen LogP contribution < -0.4 is 10.6 Å². The summed E-state index contributed by atoms with van der Waals surface area (Å²) in [6, 6.07) is 0.198. The summed E-state index contributed by atoms with van der Waals surface area (Å²) in [6.07, 6.45) is 3.51. The molecular weight excluding hydrogens is 200 g/mol. The van der Waals surface area contributed by atoms with Crippen LogP contribution in [0.5, 0.6) is 0 Å². The minimum Gasteiger partial charge on any atom is -0.357 e. The molecule has 1 unspecified atom stereocenters. The van der Waals surface area contributed by atoms with Gasteiger partial charge in [0.15, 0.2) is 0 Å². The topological polar surface area (TPSA) is 47.1 Å². The standard InChI is InChI=1S/C12H22N4/c1-9(13)8-11-10(2)14-15(3)12(11)16-6-4-5-7-16/h9H,4-8,13H2,1-3H3. The Labute approximate surface area is 97.4 Å². The van der Waals surface area contributed by atoms with E-state index in [9.17, 15) is 0 Å². The van der Waals surface area contributed by atoms with E-state index in [0.717, 1.165) is 25.2 Å². The molecule has 1 aromatic rings. The van der Waals surface area contributed by atoms with Crippen molar-refractivity contribution in [2.75, 3.05) is 18.0 Å². The zero-order valence-electron chi connectivity index (χ0n) is 10.5. The molecule has 1 atom stereocenters. The molecule has 4 heteroatoms. The highest BCUT2D eigenvalue weighted by Crippen LogP contribution is 2.27. The normalized spacial score (nSPS) is 18.1. The van der Waals surface area contributed by atoms with E-state index in [2.05, 4.69) is 23.8 Å². The average molecular weight is 222 g/mol. The predicted molar refractivity (Wildman–Crippen MR) is 66.7 cm³/mol. The van der Waals surface area contributed by atoms with E-state index in [1.165, 1.54) is 24.2 Å². The van der Waals surface area contributed by atoms with Crippen molar-refractivity contribution in [1.29, 1.82) is 0 Å². The fourth-order valence-electron chi connectivity index (χ4n) is 2.58. The first kappa shape index (κ1) is 11.5. The van der Waals surface area contributed by atoms with Crippen LogP contribution in [0.1, 0.15) is 31.0 Å². The van der Waals surface area contributed by atoms with E-state index in [1.54, 1.807) is 0 Å². The summed E-state index contributed by atoms with van der Waals surface area (Å²) >= 11 is 0. The van der Waals surface area contributed by atoms with E-state index in [1.807, 2.05) is 11.7 Å². The molecule has 0 aliphatic carbocycles. The number of nitrogens with two attached hydrogens (primary N) is 1. The molecule has 0 saturated carbocycles. The van der Waals surface area contributed by atoms with Crippen molar-refractivity contribution in [2.24, 2.45) is 12.8 Å². The van der Waals surface area contributed by atoms with E-state index >= 15 is 0 Å². The fraction of sp³-hybridized carbons (Fsp3) is 0.750. The Morgan fingerprint density at radius 2 is 2.00 bits per heavy atom. The van der Waals surface area contributed by atoms with Gasteiger partial charge in [0.1, 0.15) is 5.82 Å².